The summed E-state index contributed by atoms with van der Waals surface area (Å²) in [7, 11) is 3.18. The van der Waals surface area contributed by atoms with Gasteiger partial charge in [0.15, 0.2) is 16.7 Å². The first-order chi connectivity index (χ1) is 12.7. The van der Waals surface area contributed by atoms with Crippen LogP contribution in [0.5, 0.6) is 11.5 Å². The van der Waals surface area contributed by atoms with Crippen LogP contribution in [0.1, 0.15) is 6.92 Å². The number of fused-ring (bicyclic) bond motifs is 1. The summed E-state index contributed by atoms with van der Waals surface area (Å²) < 4.78 is 17.5. The maximum Gasteiger partial charge on any atom is 0.316 e. The van der Waals surface area contributed by atoms with Crippen molar-refractivity contribution in [3.63, 3.8) is 0 Å². The van der Waals surface area contributed by atoms with E-state index < -0.39 is 0 Å². The van der Waals surface area contributed by atoms with Gasteiger partial charge in [-0.3, -0.25) is 9.20 Å². The predicted octanol–water partition coefficient (Wildman–Crippen LogP) is 3.07. The third-order valence-electron chi connectivity index (χ3n) is 3.66. The number of carbonyl (C=O) groups is 1. The maximum atomic E-state index is 11.7. The van der Waals surface area contributed by atoms with E-state index in [-0.39, 0.29) is 11.7 Å². The number of methoxy groups -OCH3 is 2. The number of ether oxygens (including phenoxy) is 3. The monoisotopic (exact) mass is 373 g/mol. The van der Waals surface area contributed by atoms with Crippen LogP contribution in [0.2, 0.25) is 0 Å². The fourth-order valence-corrected chi connectivity index (χ4v) is 3.25. The van der Waals surface area contributed by atoms with E-state index in [2.05, 4.69) is 9.97 Å². The number of carbonyl (C=O) groups excluding carboxylic acids is 1. The van der Waals surface area contributed by atoms with E-state index in [4.69, 9.17) is 14.2 Å². The molecule has 7 nitrogen and oxygen atoms in total. The first kappa shape index (κ1) is 18.1. The maximum absolute atomic E-state index is 11.7. The normalized spacial score (nSPS) is 10.7. The Balaban J connectivity index is 1.98. The molecule has 0 saturated carbocycles. The van der Waals surface area contributed by atoms with Gasteiger partial charge in [-0.1, -0.05) is 11.8 Å². The Bertz CT molecular complexity index is 926. The number of thioether (sulfide) groups is 1. The van der Waals surface area contributed by atoms with Crippen LogP contribution < -0.4 is 9.47 Å². The average Bonchev–Trinajstić information content (AvgIpc) is 3.14. The second-order valence-corrected chi connectivity index (χ2v) is 6.19. The minimum absolute atomic E-state index is 0.184. The lowest BCUT2D eigenvalue weighted by molar-refractivity contribution is -0.139. The summed E-state index contributed by atoms with van der Waals surface area (Å²) in [6.07, 6.45) is 3.51. The Kier molecular flexibility index (Phi) is 5.62. The highest BCUT2D eigenvalue weighted by molar-refractivity contribution is 7.99. The average molecular weight is 373 g/mol. The summed E-state index contributed by atoms with van der Waals surface area (Å²) in [6, 6.07) is 7.48. The van der Waals surface area contributed by atoms with Crippen molar-refractivity contribution in [2.24, 2.45) is 0 Å². The molecule has 0 N–H and O–H groups in total. The standard InChI is InChI=1S/C18H19N3O4S/c1-4-25-17(22)11-26-18-20-13(10-16-19-7-8-21(16)18)12-5-6-14(23-2)15(9-12)24-3/h5-10H,4,11H2,1-3H3. The zero-order valence-corrected chi connectivity index (χ0v) is 15.6. The van der Waals surface area contributed by atoms with E-state index in [1.54, 1.807) is 27.3 Å². The van der Waals surface area contributed by atoms with E-state index in [0.29, 0.717) is 23.3 Å². The highest BCUT2D eigenvalue weighted by atomic mass is 32.2. The number of rotatable bonds is 7. The largest absolute Gasteiger partial charge is 0.493 e. The van der Waals surface area contributed by atoms with E-state index >= 15 is 0 Å². The summed E-state index contributed by atoms with van der Waals surface area (Å²) in [5.41, 5.74) is 2.35. The number of imidazole rings is 1. The minimum Gasteiger partial charge on any atom is -0.493 e. The van der Waals surface area contributed by atoms with Crippen molar-refractivity contribution in [1.82, 2.24) is 14.4 Å². The number of benzene rings is 1. The number of hydrogen-bond acceptors (Lipinski definition) is 7. The van der Waals surface area contributed by atoms with E-state index in [0.717, 1.165) is 16.9 Å². The lowest BCUT2D eigenvalue weighted by atomic mass is 10.1. The molecule has 8 heteroatoms. The first-order valence-corrected chi connectivity index (χ1v) is 8.99. The molecule has 26 heavy (non-hydrogen) atoms. The van der Waals surface area contributed by atoms with E-state index in [1.807, 2.05) is 34.9 Å². The summed E-state index contributed by atoms with van der Waals surface area (Å²) in [6.45, 7) is 2.14. The van der Waals surface area contributed by atoms with Gasteiger partial charge in [0.1, 0.15) is 5.65 Å². The summed E-state index contributed by atoms with van der Waals surface area (Å²) >= 11 is 1.31. The molecule has 0 bridgehead atoms. The van der Waals surface area contributed by atoms with Crippen LogP contribution in [-0.2, 0) is 9.53 Å². The molecule has 0 amide bonds. The Morgan fingerprint density at radius 3 is 2.73 bits per heavy atom. The van der Waals surface area contributed by atoms with Crippen molar-refractivity contribution in [3.05, 3.63) is 36.7 Å². The first-order valence-electron chi connectivity index (χ1n) is 8.01. The molecule has 3 aromatic rings. The third-order valence-corrected chi connectivity index (χ3v) is 4.59. The van der Waals surface area contributed by atoms with Crippen molar-refractivity contribution in [2.75, 3.05) is 26.6 Å². The highest BCUT2D eigenvalue weighted by Gasteiger charge is 2.13. The molecule has 0 saturated heterocycles. The minimum atomic E-state index is -0.274. The van der Waals surface area contributed by atoms with Gasteiger partial charge < -0.3 is 14.2 Å². The van der Waals surface area contributed by atoms with Crippen molar-refractivity contribution in [3.8, 4) is 22.8 Å². The number of esters is 1. The van der Waals surface area contributed by atoms with Gasteiger partial charge in [0.05, 0.1) is 32.3 Å². The van der Waals surface area contributed by atoms with E-state index in [1.165, 1.54) is 11.8 Å². The van der Waals surface area contributed by atoms with Crippen LogP contribution in [0.3, 0.4) is 0 Å². The third kappa shape index (κ3) is 3.75. The van der Waals surface area contributed by atoms with Crippen molar-refractivity contribution in [2.45, 2.75) is 12.1 Å². The van der Waals surface area contributed by atoms with Gasteiger partial charge in [-0.05, 0) is 25.1 Å². The smallest absolute Gasteiger partial charge is 0.316 e. The summed E-state index contributed by atoms with van der Waals surface area (Å²) in [5.74, 6) is 1.18. The van der Waals surface area contributed by atoms with Gasteiger partial charge >= 0.3 is 5.97 Å². The van der Waals surface area contributed by atoms with Crippen molar-refractivity contribution in [1.29, 1.82) is 0 Å². The zero-order valence-electron chi connectivity index (χ0n) is 14.8. The van der Waals surface area contributed by atoms with Gasteiger partial charge in [0.25, 0.3) is 0 Å². The molecule has 0 atom stereocenters. The molecular weight excluding hydrogens is 354 g/mol. The molecule has 136 valence electrons. The van der Waals surface area contributed by atoms with Gasteiger partial charge in [0, 0.05) is 24.0 Å². The molecule has 3 rings (SSSR count). The van der Waals surface area contributed by atoms with Gasteiger partial charge in [-0.15, -0.1) is 0 Å². The molecule has 0 fully saturated rings. The Hall–Kier alpha value is -2.74. The van der Waals surface area contributed by atoms with E-state index in [9.17, 15) is 4.79 Å². The summed E-state index contributed by atoms with van der Waals surface area (Å²) in [5, 5.41) is 0.665. The van der Waals surface area contributed by atoms with Crippen LogP contribution in [0.15, 0.2) is 41.8 Å². The fourth-order valence-electron chi connectivity index (χ4n) is 2.47. The molecule has 0 spiro atoms. The van der Waals surface area contributed by atoms with Crippen molar-refractivity contribution < 1.29 is 19.0 Å². The van der Waals surface area contributed by atoms with Crippen LogP contribution in [-0.4, -0.2) is 46.9 Å². The number of nitrogens with zero attached hydrogens (tertiary/aromatic N) is 3. The van der Waals surface area contributed by atoms with Crippen molar-refractivity contribution >= 4 is 23.4 Å². The van der Waals surface area contributed by atoms with Gasteiger partial charge in [-0.25, -0.2) is 9.97 Å². The highest BCUT2D eigenvalue weighted by Crippen LogP contribution is 2.32. The van der Waals surface area contributed by atoms with Gasteiger partial charge in [-0.2, -0.15) is 0 Å². The molecule has 0 aliphatic heterocycles. The second kappa shape index (κ2) is 8.09. The summed E-state index contributed by atoms with van der Waals surface area (Å²) in [4.78, 5) is 20.7. The quantitative estimate of drug-likeness (QED) is 0.358. The molecule has 0 radical (unpaired) electrons. The number of aromatic nitrogens is 3. The topological polar surface area (TPSA) is 75.0 Å². The molecule has 0 unspecified atom stereocenters. The Labute approximate surface area is 155 Å². The molecular formula is C18H19N3O4S. The zero-order chi connectivity index (χ0) is 18.5. The SMILES string of the molecule is CCOC(=O)CSc1nc(-c2ccc(OC)c(OC)c2)cc2nccn12. The predicted molar refractivity (Wildman–Crippen MR) is 98.9 cm³/mol. The number of hydrogen-bond donors (Lipinski definition) is 0. The Morgan fingerprint density at radius 2 is 2.00 bits per heavy atom. The van der Waals surface area contributed by atoms with Gasteiger partial charge in [0.2, 0.25) is 0 Å². The molecule has 0 aliphatic rings. The lowest BCUT2D eigenvalue weighted by Crippen LogP contribution is -2.08. The fraction of sp³-hybridized carbons (Fsp3) is 0.278. The lowest BCUT2D eigenvalue weighted by Gasteiger charge is -2.11. The second-order valence-electron chi connectivity index (χ2n) is 5.24. The van der Waals surface area contributed by atoms with Crippen LogP contribution in [0, 0.1) is 0 Å². The Morgan fingerprint density at radius 1 is 1.19 bits per heavy atom. The molecule has 1 aromatic carbocycles. The molecule has 2 heterocycles. The van der Waals surface area contributed by atoms with Crippen LogP contribution in [0.4, 0.5) is 0 Å². The van der Waals surface area contributed by atoms with Crippen LogP contribution >= 0.6 is 11.8 Å². The molecule has 2 aromatic heterocycles. The van der Waals surface area contributed by atoms with Crippen LogP contribution in [0.25, 0.3) is 16.9 Å². The molecule has 0 aliphatic carbocycles.